The molecule has 0 amide bonds. The molecule has 2 fully saturated rings. The van der Waals surface area contributed by atoms with Crippen LogP contribution in [0.5, 0.6) is 0 Å². The van der Waals surface area contributed by atoms with E-state index in [1.54, 1.807) is 7.11 Å². The quantitative estimate of drug-likeness (QED) is 0.397. The lowest BCUT2D eigenvalue weighted by molar-refractivity contribution is 0.205. The van der Waals surface area contributed by atoms with Crippen molar-refractivity contribution in [2.75, 3.05) is 37.5 Å². The van der Waals surface area contributed by atoms with Gasteiger partial charge in [0, 0.05) is 39.2 Å². The zero-order valence-electron chi connectivity index (χ0n) is 21.9. The summed E-state index contributed by atoms with van der Waals surface area (Å²) in [7, 11) is 3.71. The summed E-state index contributed by atoms with van der Waals surface area (Å²) < 4.78 is 12.3. The van der Waals surface area contributed by atoms with Crippen LogP contribution in [0, 0.1) is 30.1 Å². The van der Waals surface area contributed by atoms with Crippen LogP contribution < -0.4 is 16.0 Å². The van der Waals surface area contributed by atoms with Crippen molar-refractivity contribution < 1.29 is 9.26 Å². The zero-order valence-corrected chi connectivity index (χ0v) is 21.9. The number of nitrogens with zero attached hydrogens (tertiary/aromatic N) is 6. The molecule has 5 rings (SSSR count). The predicted octanol–water partition coefficient (Wildman–Crippen LogP) is 3.29. The Kier molecular flexibility index (Phi) is 7.46. The Labute approximate surface area is 216 Å². The number of ether oxygens (including phenoxy) is 1. The smallest absolute Gasteiger partial charge is 0.383 e. The number of methoxy groups -OCH3 is 1. The van der Waals surface area contributed by atoms with E-state index in [2.05, 4.69) is 37.8 Å². The monoisotopic (exact) mass is 508 g/mol. The Bertz CT molecular complexity index is 1310. The van der Waals surface area contributed by atoms with Gasteiger partial charge in [-0.05, 0) is 57.3 Å². The summed E-state index contributed by atoms with van der Waals surface area (Å²) in [4.78, 5) is 30.8. The molecular weight excluding hydrogens is 472 g/mol. The number of rotatable bonds is 10. The molecule has 0 bridgehead atoms. The van der Waals surface area contributed by atoms with E-state index in [0.717, 1.165) is 43.7 Å². The molecule has 2 N–H and O–H groups in total. The minimum Gasteiger partial charge on any atom is -0.383 e. The molecule has 3 aromatic rings. The first kappa shape index (κ1) is 25.3. The van der Waals surface area contributed by atoms with Gasteiger partial charge in [0.05, 0.1) is 6.61 Å². The van der Waals surface area contributed by atoms with Crippen molar-refractivity contribution in [3.05, 3.63) is 10.6 Å². The molecule has 1 atom stereocenters. The lowest BCUT2D eigenvalue weighted by Crippen LogP contribution is -2.31. The van der Waals surface area contributed by atoms with Crippen LogP contribution in [-0.2, 0) is 11.3 Å². The maximum absolute atomic E-state index is 11.6. The normalized spacial score (nSPS) is 20.9. The van der Waals surface area contributed by atoms with Crippen LogP contribution in [0.3, 0.4) is 0 Å². The van der Waals surface area contributed by atoms with Gasteiger partial charge in [-0.3, -0.25) is 9.51 Å². The van der Waals surface area contributed by atoms with Gasteiger partial charge in [-0.2, -0.15) is 4.98 Å². The first-order chi connectivity index (χ1) is 18.0. The second kappa shape index (κ2) is 10.9. The SMILES string of the molecule is C#C[C@H]1CC[C@H](Cn2c(N(C)CCOC)nc3nc(-c4noc(=O)[nH]4)nc(N[C@H](C)C4CCC4)c32)CC1. The van der Waals surface area contributed by atoms with Gasteiger partial charge < -0.3 is 19.5 Å². The maximum atomic E-state index is 11.6. The van der Waals surface area contributed by atoms with E-state index in [4.69, 9.17) is 30.6 Å². The maximum Gasteiger partial charge on any atom is 0.439 e. The number of hydrogen-bond donors (Lipinski definition) is 2. The van der Waals surface area contributed by atoms with Gasteiger partial charge in [0.2, 0.25) is 17.6 Å². The van der Waals surface area contributed by atoms with Crippen molar-refractivity contribution in [2.24, 2.45) is 17.8 Å². The molecule has 0 saturated heterocycles. The second-order valence-electron chi connectivity index (χ2n) is 10.5. The molecule has 0 spiro atoms. The van der Waals surface area contributed by atoms with Crippen LogP contribution in [0.2, 0.25) is 0 Å². The van der Waals surface area contributed by atoms with Crippen molar-refractivity contribution in [1.82, 2.24) is 29.7 Å². The molecule has 0 aromatic carbocycles. The fourth-order valence-electron chi connectivity index (χ4n) is 5.39. The van der Waals surface area contributed by atoms with E-state index in [1.165, 1.54) is 19.3 Å². The minimum absolute atomic E-state index is 0.183. The molecule has 2 aliphatic carbocycles. The number of aromatic nitrogens is 6. The molecule has 3 heterocycles. The Morgan fingerprint density at radius 3 is 2.65 bits per heavy atom. The Morgan fingerprint density at radius 1 is 1.24 bits per heavy atom. The van der Waals surface area contributed by atoms with Crippen molar-refractivity contribution in [1.29, 1.82) is 0 Å². The van der Waals surface area contributed by atoms with Gasteiger partial charge in [0.1, 0.15) is 5.52 Å². The van der Waals surface area contributed by atoms with Crippen molar-refractivity contribution in [3.63, 3.8) is 0 Å². The number of fused-ring (bicyclic) bond motifs is 1. The van der Waals surface area contributed by atoms with Gasteiger partial charge in [-0.25, -0.2) is 14.8 Å². The summed E-state index contributed by atoms with van der Waals surface area (Å²) in [5.74, 6) is 5.69. The Morgan fingerprint density at radius 2 is 2.03 bits per heavy atom. The van der Waals surface area contributed by atoms with E-state index in [9.17, 15) is 4.79 Å². The highest BCUT2D eigenvalue weighted by Gasteiger charge is 2.29. The first-order valence-electron chi connectivity index (χ1n) is 13.2. The van der Waals surface area contributed by atoms with E-state index in [0.29, 0.717) is 42.4 Å². The van der Waals surface area contributed by atoms with Gasteiger partial charge in [-0.15, -0.1) is 12.3 Å². The molecule has 0 unspecified atom stereocenters. The summed E-state index contributed by atoms with van der Waals surface area (Å²) in [5.41, 5.74) is 1.41. The third-order valence-electron chi connectivity index (χ3n) is 7.95. The fourth-order valence-corrected chi connectivity index (χ4v) is 5.39. The van der Waals surface area contributed by atoms with Crippen molar-refractivity contribution in [2.45, 2.75) is 64.5 Å². The molecule has 2 saturated carbocycles. The number of terminal acetylenes is 1. The number of likely N-dealkylation sites (N-methyl/N-ethyl adjacent to an activating group) is 1. The van der Waals surface area contributed by atoms with E-state index in [-0.39, 0.29) is 17.7 Å². The Balaban J connectivity index is 1.59. The molecule has 198 valence electrons. The Hall–Kier alpha value is -3.39. The lowest BCUT2D eigenvalue weighted by Gasteiger charge is -2.32. The molecule has 0 aliphatic heterocycles. The minimum atomic E-state index is -0.649. The third-order valence-corrected chi connectivity index (χ3v) is 7.95. The highest BCUT2D eigenvalue weighted by molar-refractivity contribution is 5.87. The fraction of sp³-hybridized carbons (Fsp3) is 0.654. The van der Waals surface area contributed by atoms with Crippen LogP contribution in [0.4, 0.5) is 11.8 Å². The number of aromatic amines is 1. The first-order valence-corrected chi connectivity index (χ1v) is 13.2. The van der Waals surface area contributed by atoms with Crippen molar-refractivity contribution >= 4 is 22.9 Å². The molecule has 3 aromatic heterocycles. The van der Waals surface area contributed by atoms with Crippen LogP contribution >= 0.6 is 0 Å². The molecule has 11 heteroatoms. The highest BCUT2D eigenvalue weighted by atomic mass is 16.5. The average molecular weight is 509 g/mol. The second-order valence-corrected chi connectivity index (χ2v) is 10.5. The summed E-state index contributed by atoms with van der Waals surface area (Å²) in [5, 5.41) is 7.48. The van der Waals surface area contributed by atoms with E-state index < -0.39 is 5.76 Å². The average Bonchev–Trinajstić information content (AvgIpc) is 3.45. The number of H-pyrrole nitrogens is 1. The van der Waals surface area contributed by atoms with Crippen LogP contribution in [-0.4, -0.2) is 63.0 Å². The van der Waals surface area contributed by atoms with Gasteiger partial charge >= 0.3 is 5.76 Å². The number of hydrogen-bond acceptors (Lipinski definition) is 9. The largest absolute Gasteiger partial charge is 0.439 e. The van der Waals surface area contributed by atoms with Gasteiger partial charge in [-0.1, -0.05) is 11.6 Å². The zero-order chi connectivity index (χ0) is 25.9. The van der Waals surface area contributed by atoms with Crippen molar-refractivity contribution in [3.8, 4) is 24.0 Å². The topological polar surface area (TPSA) is 127 Å². The third kappa shape index (κ3) is 5.34. The molecule has 37 heavy (non-hydrogen) atoms. The summed E-state index contributed by atoms with van der Waals surface area (Å²) in [6.45, 7) is 4.26. The molecule has 2 aliphatic rings. The summed E-state index contributed by atoms with van der Waals surface area (Å²) in [6, 6.07) is 0.236. The molecule has 0 radical (unpaired) electrons. The van der Waals surface area contributed by atoms with Crippen LogP contribution in [0.15, 0.2) is 9.32 Å². The molecular formula is C26H36N8O3. The number of anilines is 2. The summed E-state index contributed by atoms with van der Waals surface area (Å²) in [6.07, 6.45) is 13.6. The van der Waals surface area contributed by atoms with Crippen LogP contribution in [0.25, 0.3) is 22.8 Å². The summed E-state index contributed by atoms with van der Waals surface area (Å²) >= 11 is 0. The van der Waals surface area contributed by atoms with Crippen LogP contribution in [0.1, 0.15) is 51.9 Å². The highest BCUT2D eigenvalue weighted by Crippen LogP contribution is 2.36. The van der Waals surface area contributed by atoms with Gasteiger partial charge in [0.25, 0.3) is 0 Å². The lowest BCUT2D eigenvalue weighted by atomic mass is 9.80. The number of nitrogens with one attached hydrogen (secondary N) is 2. The van der Waals surface area contributed by atoms with E-state index in [1.807, 2.05) is 7.05 Å². The number of imidazole rings is 1. The predicted molar refractivity (Wildman–Crippen MR) is 141 cm³/mol. The van der Waals surface area contributed by atoms with E-state index >= 15 is 0 Å². The van der Waals surface area contributed by atoms with Gasteiger partial charge in [0.15, 0.2) is 11.5 Å². The molecule has 11 nitrogen and oxygen atoms in total. The standard InChI is InChI=1S/C26H36N8O3/c1-5-17-9-11-18(12-10-17)15-34-20-21(27-16(2)19-7-6-8-19)28-23(24-31-26(35)37-32-24)29-22(20)30-25(34)33(3)13-14-36-4/h1,16-19H,6-15H2,2-4H3,(H,27,28,29)(H,31,32,35)/t16-,17-,18-/m1/s1.